The van der Waals surface area contributed by atoms with Gasteiger partial charge in [0.15, 0.2) is 0 Å². The summed E-state index contributed by atoms with van der Waals surface area (Å²) in [6, 6.07) is 6.63. The molecule has 0 spiro atoms. The van der Waals surface area contributed by atoms with Crippen molar-refractivity contribution in [3.8, 4) is 11.5 Å². The number of nitrogens with one attached hydrogen (secondary N) is 1. The monoisotopic (exact) mass is 301 g/mol. The van der Waals surface area contributed by atoms with Crippen LogP contribution in [0.2, 0.25) is 0 Å². The van der Waals surface area contributed by atoms with Crippen LogP contribution in [0.5, 0.6) is 11.5 Å². The molecule has 1 rings (SSSR count). The highest BCUT2D eigenvalue weighted by Gasteiger charge is 2.09. The molecule has 0 unspecified atom stereocenters. The molecule has 0 aromatic heterocycles. The number of hydrogen-bond donors (Lipinski definition) is 1. The summed E-state index contributed by atoms with van der Waals surface area (Å²) in [6.45, 7) is 2.81. The van der Waals surface area contributed by atoms with Crippen molar-refractivity contribution in [1.82, 2.24) is 4.72 Å². The highest BCUT2D eigenvalue weighted by atomic mass is 32.2. The van der Waals surface area contributed by atoms with Crippen molar-refractivity contribution in [3.63, 3.8) is 0 Å². The van der Waals surface area contributed by atoms with Gasteiger partial charge in [0, 0.05) is 13.1 Å². The van der Waals surface area contributed by atoms with E-state index in [9.17, 15) is 8.42 Å². The first-order chi connectivity index (χ1) is 9.57. The third kappa shape index (κ3) is 6.77. The van der Waals surface area contributed by atoms with Crippen molar-refractivity contribution in [2.45, 2.75) is 39.0 Å². The van der Waals surface area contributed by atoms with E-state index in [0.29, 0.717) is 12.4 Å². The molecule has 0 aliphatic rings. The lowest BCUT2D eigenvalue weighted by atomic mass is 10.2. The van der Waals surface area contributed by atoms with Crippen LogP contribution < -0.4 is 13.6 Å². The maximum atomic E-state index is 11.3. The average molecular weight is 301 g/mol. The summed E-state index contributed by atoms with van der Waals surface area (Å²) in [5.41, 5.74) is 0. The molecular weight excluding hydrogens is 278 g/mol. The first kappa shape index (κ1) is 16.8. The van der Waals surface area contributed by atoms with Crippen molar-refractivity contribution in [3.05, 3.63) is 24.3 Å². The summed E-state index contributed by atoms with van der Waals surface area (Å²) < 4.78 is 35.0. The Morgan fingerprint density at radius 1 is 1.10 bits per heavy atom. The first-order valence-corrected chi connectivity index (χ1v) is 8.34. The number of ether oxygens (including phenoxy) is 1. The summed E-state index contributed by atoms with van der Waals surface area (Å²) in [4.78, 5) is 0. The topological polar surface area (TPSA) is 64.6 Å². The van der Waals surface area contributed by atoms with Gasteiger partial charge in [-0.05, 0) is 18.6 Å². The number of hydrogen-bond acceptors (Lipinski definition) is 4. The Morgan fingerprint density at radius 3 is 2.50 bits per heavy atom. The smallest absolute Gasteiger partial charge is 0.382 e. The lowest BCUT2D eigenvalue weighted by Crippen LogP contribution is -2.24. The van der Waals surface area contributed by atoms with Crippen LogP contribution in [0.1, 0.15) is 39.0 Å². The molecular formula is C14H23NO4S. The fourth-order valence-corrected chi connectivity index (χ4v) is 2.12. The van der Waals surface area contributed by atoms with Gasteiger partial charge in [-0.1, -0.05) is 38.7 Å². The molecule has 5 nitrogen and oxygen atoms in total. The highest BCUT2D eigenvalue weighted by molar-refractivity contribution is 7.85. The zero-order valence-electron chi connectivity index (χ0n) is 12.1. The third-order valence-electron chi connectivity index (χ3n) is 2.78. The molecule has 6 heteroatoms. The molecule has 0 aliphatic carbocycles. The molecule has 0 heterocycles. The van der Waals surface area contributed by atoms with Gasteiger partial charge in [0.1, 0.15) is 11.5 Å². The van der Waals surface area contributed by atoms with Crippen LogP contribution in [-0.4, -0.2) is 22.1 Å². The molecule has 1 aromatic rings. The molecule has 0 fully saturated rings. The minimum atomic E-state index is -3.73. The van der Waals surface area contributed by atoms with Crippen LogP contribution in [-0.2, 0) is 10.3 Å². The summed E-state index contributed by atoms with van der Waals surface area (Å²) in [5, 5.41) is 0. The second-order valence-electron chi connectivity index (χ2n) is 4.48. The zero-order valence-corrected chi connectivity index (χ0v) is 12.9. The van der Waals surface area contributed by atoms with Gasteiger partial charge in [0.05, 0.1) is 6.61 Å². The number of rotatable bonds is 10. The fourth-order valence-electron chi connectivity index (χ4n) is 1.68. The van der Waals surface area contributed by atoms with Gasteiger partial charge in [-0.2, -0.15) is 13.1 Å². The lowest BCUT2D eigenvalue weighted by Gasteiger charge is -2.09. The van der Waals surface area contributed by atoms with Gasteiger partial charge < -0.3 is 8.92 Å². The van der Waals surface area contributed by atoms with E-state index >= 15 is 0 Å². The third-order valence-corrected chi connectivity index (χ3v) is 3.69. The summed E-state index contributed by atoms with van der Waals surface area (Å²) >= 11 is 0. The average Bonchev–Trinajstić information content (AvgIpc) is 2.43. The van der Waals surface area contributed by atoms with E-state index in [0.717, 1.165) is 12.8 Å². The zero-order chi connectivity index (χ0) is 14.8. The molecule has 1 aromatic carbocycles. The molecule has 0 bridgehead atoms. The molecule has 0 saturated heterocycles. The van der Waals surface area contributed by atoms with Crippen molar-refractivity contribution in [2.24, 2.45) is 0 Å². The van der Waals surface area contributed by atoms with Crippen LogP contribution >= 0.6 is 0 Å². The molecule has 0 saturated carbocycles. The van der Waals surface area contributed by atoms with Crippen LogP contribution in [0.4, 0.5) is 0 Å². The Hall–Kier alpha value is -1.27. The van der Waals surface area contributed by atoms with Gasteiger partial charge >= 0.3 is 10.3 Å². The molecule has 0 aliphatic heterocycles. The van der Waals surface area contributed by atoms with E-state index in [1.165, 1.54) is 26.3 Å². The Morgan fingerprint density at radius 2 is 1.80 bits per heavy atom. The van der Waals surface area contributed by atoms with Gasteiger partial charge in [-0.3, -0.25) is 0 Å². The summed E-state index contributed by atoms with van der Waals surface area (Å²) in [5.74, 6) is 0.854. The molecule has 1 N–H and O–H groups in total. The number of unbranched alkanes of at least 4 members (excludes halogenated alkanes) is 4. The number of benzene rings is 1. The standard InChI is InChI=1S/C14H23NO4S/c1-3-4-5-6-7-11-18-13-9-8-10-14(12-13)19-20(16,17)15-2/h8-10,12,15H,3-7,11H2,1-2H3. The molecule has 20 heavy (non-hydrogen) atoms. The normalized spacial score (nSPS) is 11.3. The quantitative estimate of drug-likeness (QED) is 0.675. The maximum absolute atomic E-state index is 11.3. The second-order valence-corrected chi connectivity index (χ2v) is 5.96. The van der Waals surface area contributed by atoms with E-state index in [-0.39, 0.29) is 5.75 Å². The SMILES string of the molecule is CCCCCCCOc1cccc(OS(=O)(=O)NC)c1. The fraction of sp³-hybridized carbons (Fsp3) is 0.571. The van der Waals surface area contributed by atoms with Crippen molar-refractivity contribution in [1.29, 1.82) is 0 Å². The largest absolute Gasteiger partial charge is 0.493 e. The maximum Gasteiger partial charge on any atom is 0.382 e. The Balaban J connectivity index is 2.40. The van der Waals surface area contributed by atoms with E-state index in [1.54, 1.807) is 24.3 Å². The summed E-state index contributed by atoms with van der Waals surface area (Å²) in [7, 11) is -2.43. The predicted octanol–water partition coefficient (Wildman–Crippen LogP) is 2.88. The minimum Gasteiger partial charge on any atom is -0.493 e. The molecule has 0 atom stereocenters. The molecule has 0 radical (unpaired) electrons. The van der Waals surface area contributed by atoms with E-state index < -0.39 is 10.3 Å². The second kappa shape index (κ2) is 8.81. The van der Waals surface area contributed by atoms with Crippen molar-refractivity contribution in [2.75, 3.05) is 13.7 Å². The van der Waals surface area contributed by atoms with Crippen molar-refractivity contribution < 1.29 is 17.3 Å². The minimum absolute atomic E-state index is 0.239. The molecule has 114 valence electrons. The van der Waals surface area contributed by atoms with Crippen molar-refractivity contribution >= 4 is 10.3 Å². The van der Waals surface area contributed by atoms with Crippen LogP contribution in [0.25, 0.3) is 0 Å². The van der Waals surface area contributed by atoms with Gasteiger partial charge in [0.2, 0.25) is 0 Å². The molecule has 0 amide bonds. The van der Waals surface area contributed by atoms with Crippen LogP contribution in [0.3, 0.4) is 0 Å². The van der Waals surface area contributed by atoms with E-state index in [2.05, 4.69) is 11.6 Å². The van der Waals surface area contributed by atoms with Gasteiger partial charge in [0.25, 0.3) is 0 Å². The summed E-state index contributed by atoms with van der Waals surface area (Å²) in [6.07, 6.45) is 5.85. The van der Waals surface area contributed by atoms with Crippen LogP contribution in [0, 0.1) is 0 Å². The Kier molecular flexibility index (Phi) is 7.40. The van der Waals surface area contributed by atoms with Gasteiger partial charge in [-0.25, -0.2) is 0 Å². The van der Waals surface area contributed by atoms with Gasteiger partial charge in [-0.15, -0.1) is 0 Å². The van der Waals surface area contributed by atoms with E-state index in [4.69, 9.17) is 8.92 Å². The Labute approximate surface area is 121 Å². The highest BCUT2D eigenvalue weighted by Crippen LogP contribution is 2.20. The first-order valence-electron chi connectivity index (χ1n) is 6.93. The van der Waals surface area contributed by atoms with E-state index in [1.807, 2.05) is 0 Å². The van der Waals surface area contributed by atoms with Crippen LogP contribution in [0.15, 0.2) is 24.3 Å². The predicted molar refractivity (Wildman–Crippen MR) is 79.3 cm³/mol. The Bertz CT molecular complexity index is 488. The lowest BCUT2D eigenvalue weighted by molar-refractivity contribution is 0.303.